The van der Waals surface area contributed by atoms with Crippen LogP contribution in [0, 0.1) is 0 Å². The van der Waals surface area contributed by atoms with E-state index in [1.165, 1.54) is 24.3 Å². The zero-order chi connectivity index (χ0) is 14.0. The number of amides is 1. The van der Waals surface area contributed by atoms with Crippen molar-refractivity contribution in [1.82, 2.24) is 10.2 Å². The van der Waals surface area contributed by atoms with Crippen LogP contribution in [0.4, 0.5) is 5.69 Å². The summed E-state index contributed by atoms with van der Waals surface area (Å²) in [5.41, 5.74) is 0.348. The minimum atomic E-state index is -0.504. The van der Waals surface area contributed by atoms with E-state index in [4.69, 9.17) is 46.4 Å². The van der Waals surface area contributed by atoms with E-state index in [1.54, 1.807) is 0 Å². The van der Waals surface area contributed by atoms with Gasteiger partial charge in [-0.25, -0.2) is 0 Å². The van der Waals surface area contributed by atoms with E-state index in [0.717, 1.165) is 0 Å². The highest BCUT2D eigenvalue weighted by Crippen LogP contribution is 2.33. The molecule has 1 N–H and O–H groups in total. The number of aromatic nitrogens is 2. The Labute approximate surface area is 128 Å². The van der Waals surface area contributed by atoms with Crippen LogP contribution >= 0.6 is 46.4 Å². The molecule has 0 spiro atoms. The lowest BCUT2D eigenvalue weighted by Crippen LogP contribution is -2.14. The van der Waals surface area contributed by atoms with Crippen LogP contribution in [0.3, 0.4) is 0 Å². The lowest BCUT2D eigenvalue weighted by atomic mass is 10.3. The van der Waals surface area contributed by atoms with Crippen molar-refractivity contribution in [2.24, 2.45) is 0 Å². The number of hydrogen-bond donors (Lipinski definition) is 1. The zero-order valence-electron chi connectivity index (χ0n) is 9.12. The first kappa shape index (κ1) is 14.3. The van der Waals surface area contributed by atoms with Gasteiger partial charge < -0.3 is 5.32 Å². The van der Waals surface area contributed by atoms with Crippen LogP contribution in [0.15, 0.2) is 24.3 Å². The largest absolute Gasteiger partial charge is 0.318 e. The number of hydrogen-bond acceptors (Lipinski definition) is 3. The molecule has 0 atom stereocenters. The van der Waals surface area contributed by atoms with E-state index in [0.29, 0.717) is 5.02 Å². The molecule has 0 aliphatic carbocycles. The first-order valence-electron chi connectivity index (χ1n) is 4.92. The molecule has 0 saturated heterocycles. The van der Waals surface area contributed by atoms with E-state index in [9.17, 15) is 4.79 Å². The summed E-state index contributed by atoms with van der Waals surface area (Å²) in [6.07, 6.45) is 0. The number of anilines is 1. The Kier molecular flexibility index (Phi) is 4.47. The summed E-state index contributed by atoms with van der Waals surface area (Å²) in [7, 11) is 0. The second kappa shape index (κ2) is 5.92. The Hall–Kier alpha value is -1.07. The van der Waals surface area contributed by atoms with Crippen LogP contribution in [0.2, 0.25) is 20.2 Å². The molecule has 19 heavy (non-hydrogen) atoms. The SMILES string of the molecule is O=C(Nc1c(Cl)cc(Cl)cc1Cl)c1ccc(Cl)nn1. The average molecular weight is 337 g/mol. The lowest BCUT2D eigenvalue weighted by molar-refractivity contribution is 0.102. The molecule has 0 radical (unpaired) electrons. The van der Waals surface area contributed by atoms with E-state index in [-0.39, 0.29) is 26.6 Å². The Morgan fingerprint density at radius 3 is 2.16 bits per heavy atom. The molecule has 1 heterocycles. The van der Waals surface area contributed by atoms with Gasteiger partial charge >= 0.3 is 0 Å². The Morgan fingerprint density at radius 1 is 1.00 bits per heavy atom. The molecule has 8 heteroatoms. The molecule has 0 bridgehead atoms. The van der Waals surface area contributed by atoms with Gasteiger partial charge in [0.15, 0.2) is 10.8 Å². The molecule has 1 aromatic carbocycles. The van der Waals surface area contributed by atoms with Crippen LogP contribution in [0.1, 0.15) is 10.5 Å². The number of carbonyl (C=O) groups is 1. The number of nitrogens with zero attached hydrogens (tertiary/aromatic N) is 2. The molecule has 1 aromatic heterocycles. The van der Waals surface area contributed by atoms with Crippen molar-refractivity contribution in [2.75, 3.05) is 5.32 Å². The summed E-state index contributed by atoms with van der Waals surface area (Å²) in [6.45, 7) is 0. The maximum absolute atomic E-state index is 11.9. The normalized spacial score (nSPS) is 10.3. The first-order chi connectivity index (χ1) is 8.97. The van der Waals surface area contributed by atoms with Crippen molar-refractivity contribution in [3.8, 4) is 0 Å². The molecule has 0 aliphatic rings. The standard InChI is InChI=1S/C11H5Cl4N3O/c12-5-3-6(13)10(7(14)4-5)16-11(19)8-1-2-9(15)18-17-8/h1-4H,(H,16,19). The summed E-state index contributed by atoms with van der Waals surface area (Å²) < 4.78 is 0. The molecule has 98 valence electrons. The minimum absolute atomic E-state index is 0.0893. The summed E-state index contributed by atoms with van der Waals surface area (Å²) in [6, 6.07) is 5.83. The molecule has 0 fully saturated rings. The Bertz CT molecular complexity index is 607. The van der Waals surface area contributed by atoms with Crippen molar-refractivity contribution in [3.05, 3.63) is 50.2 Å². The van der Waals surface area contributed by atoms with Gasteiger partial charge in [0.2, 0.25) is 0 Å². The van der Waals surface area contributed by atoms with Gasteiger partial charge in [0, 0.05) is 5.02 Å². The van der Waals surface area contributed by atoms with Gasteiger partial charge in [-0.3, -0.25) is 4.79 Å². The molecular weight excluding hydrogens is 332 g/mol. The van der Waals surface area contributed by atoms with Crippen LogP contribution in [-0.2, 0) is 0 Å². The molecule has 0 saturated carbocycles. The summed E-state index contributed by atoms with van der Waals surface area (Å²) >= 11 is 23.3. The van der Waals surface area contributed by atoms with Gasteiger partial charge in [-0.2, -0.15) is 0 Å². The Balaban J connectivity index is 2.26. The number of halogens is 4. The van der Waals surface area contributed by atoms with E-state index < -0.39 is 5.91 Å². The average Bonchev–Trinajstić information content (AvgIpc) is 2.34. The van der Waals surface area contributed by atoms with Gasteiger partial charge in [-0.15, -0.1) is 10.2 Å². The van der Waals surface area contributed by atoms with Crippen molar-refractivity contribution in [3.63, 3.8) is 0 Å². The van der Waals surface area contributed by atoms with Crippen LogP contribution in [0.5, 0.6) is 0 Å². The van der Waals surface area contributed by atoms with Gasteiger partial charge in [0.05, 0.1) is 15.7 Å². The highest BCUT2D eigenvalue weighted by molar-refractivity contribution is 6.42. The maximum atomic E-state index is 11.9. The highest BCUT2D eigenvalue weighted by Gasteiger charge is 2.14. The number of rotatable bonds is 2. The first-order valence-corrected chi connectivity index (χ1v) is 6.43. The smallest absolute Gasteiger partial charge is 0.276 e. The second-order valence-corrected chi connectivity index (χ2v) is 5.08. The van der Waals surface area contributed by atoms with Gasteiger partial charge in [0.1, 0.15) is 0 Å². The fraction of sp³-hybridized carbons (Fsp3) is 0. The van der Waals surface area contributed by atoms with E-state index in [2.05, 4.69) is 15.5 Å². The molecule has 0 unspecified atom stereocenters. The third-order valence-electron chi connectivity index (χ3n) is 2.11. The van der Waals surface area contributed by atoms with Gasteiger partial charge in [0.25, 0.3) is 5.91 Å². The van der Waals surface area contributed by atoms with E-state index in [1.807, 2.05) is 0 Å². The van der Waals surface area contributed by atoms with Crippen LogP contribution < -0.4 is 5.32 Å². The molecule has 4 nitrogen and oxygen atoms in total. The molecule has 1 amide bonds. The molecule has 2 rings (SSSR count). The third kappa shape index (κ3) is 3.48. The highest BCUT2D eigenvalue weighted by atomic mass is 35.5. The topological polar surface area (TPSA) is 54.9 Å². The minimum Gasteiger partial charge on any atom is -0.318 e. The lowest BCUT2D eigenvalue weighted by Gasteiger charge is -2.09. The van der Waals surface area contributed by atoms with Gasteiger partial charge in [-0.05, 0) is 24.3 Å². The molecular formula is C11H5Cl4N3O. The summed E-state index contributed by atoms with van der Waals surface area (Å²) in [4.78, 5) is 11.9. The maximum Gasteiger partial charge on any atom is 0.276 e. The zero-order valence-corrected chi connectivity index (χ0v) is 12.1. The second-order valence-electron chi connectivity index (χ2n) is 3.44. The number of nitrogens with one attached hydrogen (secondary N) is 1. The van der Waals surface area contributed by atoms with Crippen LogP contribution in [0.25, 0.3) is 0 Å². The number of benzene rings is 1. The van der Waals surface area contributed by atoms with Gasteiger partial charge in [-0.1, -0.05) is 46.4 Å². The van der Waals surface area contributed by atoms with Crippen LogP contribution in [-0.4, -0.2) is 16.1 Å². The van der Waals surface area contributed by atoms with Crippen molar-refractivity contribution in [1.29, 1.82) is 0 Å². The summed E-state index contributed by atoms with van der Waals surface area (Å²) in [5.74, 6) is -0.504. The summed E-state index contributed by atoms with van der Waals surface area (Å²) in [5, 5.41) is 10.8. The predicted molar refractivity (Wildman–Crippen MR) is 76.5 cm³/mol. The van der Waals surface area contributed by atoms with Crippen molar-refractivity contribution < 1.29 is 4.79 Å². The Morgan fingerprint density at radius 2 is 1.63 bits per heavy atom. The third-order valence-corrected chi connectivity index (χ3v) is 3.13. The number of carbonyl (C=O) groups excluding carboxylic acids is 1. The molecule has 0 aliphatic heterocycles. The molecule has 2 aromatic rings. The monoisotopic (exact) mass is 335 g/mol. The fourth-order valence-electron chi connectivity index (χ4n) is 1.28. The van der Waals surface area contributed by atoms with E-state index >= 15 is 0 Å². The van der Waals surface area contributed by atoms with Crippen molar-refractivity contribution >= 4 is 58.0 Å². The predicted octanol–water partition coefficient (Wildman–Crippen LogP) is 4.34. The fourth-order valence-corrected chi connectivity index (χ4v) is 2.29. The van der Waals surface area contributed by atoms with Crippen molar-refractivity contribution in [2.45, 2.75) is 0 Å². The quantitative estimate of drug-likeness (QED) is 0.887.